The van der Waals surface area contributed by atoms with Crippen molar-refractivity contribution in [2.45, 2.75) is 11.5 Å². The second-order valence-corrected chi connectivity index (χ2v) is 6.50. The molecule has 0 radical (unpaired) electrons. The van der Waals surface area contributed by atoms with Crippen LogP contribution < -0.4 is 10.1 Å². The van der Waals surface area contributed by atoms with Gasteiger partial charge in [0.05, 0.1) is 16.4 Å². The third kappa shape index (κ3) is 5.66. The topological polar surface area (TPSA) is 125 Å². The van der Waals surface area contributed by atoms with Crippen LogP contribution in [0.2, 0.25) is 0 Å². The molecule has 0 saturated carbocycles. The van der Waals surface area contributed by atoms with E-state index in [2.05, 4.69) is 25.6 Å². The second kappa shape index (κ2) is 8.77. The van der Waals surface area contributed by atoms with Crippen molar-refractivity contribution in [1.29, 1.82) is 0 Å². The van der Waals surface area contributed by atoms with Gasteiger partial charge in [0.1, 0.15) is 5.75 Å². The number of aromatic nitrogens is 4. The Bertz CT molecular complexity index is 1040. The van der Waals surface area contributed by atoms with Gasteiger partial charge < -0.3 is 10.1 Å². The molecule has 0 unspecified atom stereocenters. The van der Waals surface area contributed by atoms with E-state index in [9.17, 15) is 28.1 Å². The highest BCUT2D eigenvalue weighted by molar-refractivity contribution is 7.99. The van der Waals surface area contributed by atoms with E-state index in [1.807, 2.05) is 0 Å². The maximum atomic E-state index is 12.2. The highest BCUT2D eigenvalue weighted by atomic mass is 32.2. The number of amides is 1. The molecule has 10 nitrogen and oxygen atoms in total. The zero-order valence-corrected chi connectivity index (χ0v) is 15.6. The van der Waals surface area contributed by atoms with Crippen molar-refractivity contribution in [2.75, 3.05) is 11.1 Å². The first-order valence-corrected chi connectivity index (χ1v) is 9.01. The first-order chi connectivity index (χ1) is 14.2. The van der Waals surface area contributed by atoms with Crippen LogP contribution in [0.5, 0.6) is 5.75 Å². The Morgan fingerprint density at radius 3 is 2.43 bits per heavy atom. The maximum absolute atomic E-state index is 12.2. The number of nitro benzene ring substituents is 1. The molecule has 0 atom stereocenters. The van der Waals surface area contributed by atoms with Crippen molar-refractivity contribution < 1.29 is 27.6 Å². The number of rotatable bonds is 7. The van der Waals surface area contributed by atoms with Crippen molar-refractivity contribution in [2.24, 2.45) is 0 Å². The lowest BCUT2D eigenvalue weighted by molar-refractivity contribution is -0.384. The lowest BCUT2D eigenvalue weighted by Crippen LogP contribution is -2.17. The summed E-state index contributed by atoms with van der Waals surface area (Å²) in [6.07, 6.45) is -4.80. The summed E-state index contributed by atoms with van der Waals surface area (Å²) < 4.78 is 41.8. The summed E-state index contributed by atoms with van der Waals surface area (Å²) in [4.78, 5) is 22.2. The summed E-state index contributed by atoms with van der Waals surface area (Å²) in [5, 5.41) is 24.5. The monoisotopic (exact) mass is 440 g/mol. The van der Waals surface area contributed by atoms with Crippen molar-refractivity contribution in [3.63, 3.8) is 0 Å². The van der Waals surface area contributed by atoms with Crippen LogP contribution in [-0.4, -0.2) is 43.2 Å². The molecule has 14 heteroatoms. The molecular weight excluding hydrogens is 429 g/mol. The normalized spacial score (nSPS) is 11.2. The molecule has 1 N–H and O–H groups in total. The zero-order valence-electron chi connectivity index (χ0n) is 14.7. The van der Waals surface area contributed by atoms with Gasteiger partial charge in [-0.05, 0) is 46.8 Å². The molecule has 0 aliphatic rings. The Morgan fingerprint density at radius 1 is 1.17 bits per heavy atom. The number of carbonyl (C=O) groups excluding carboxylic acids is 1. The minimum absolute atomic E-state index is 0.0768. The summed E-state index contributed by atoms with van der Waals surface area (Å²) in [5.41, 5.74) is 0.645. The van der Waals surface area contributed by atoms with Crippen molar-refractivity contribution >= 4 is 29.0 Å². The van der Waals surface area contributed by atoms with Gasteiger partial charge in [-0.3, -0.25) is 14.9 Å². The summed E-state index contributed by atoms with van der Waals surface area (Å²) in [6, 6.07) is 10.2. The van der Waals surface area contributed by atoms with Gasteiger partial charge in [-0.2, -0.15) is 4.68 Å². The number of halogens is 3. The molecule has 3 aromatic rings. The molecule has 1 amide bonds. The van der Waals surface area contributed by atoms with Crippen LogP contribution in [0.3, 0.4) is 0 Å². The number of thioether (sulfide) groups is 1. The van der Waals surface area contributed by atoms with Crippen LogP contribution in [0.25, 0.3) is 5.69 Å². The molecule has 156 valence electrons. The fourth-order valence-electron chi connectivity index (χ4n) is 2.21. The lowest BCUT2D eigenvalue weighted by atomic mass is 10.3. The first kappa shape index (κ1) is 21.0. The van der Waals surface area contributed by atoms with Gasteiger partial charge in [-0.25, -0.2) is 0 Å². The fourth-order valence-corrected chi connectivity index (χ4v) is 2.90. The van der Waals surface area contributed by atoms with Crippen LogP contribution in [0.15, 0.2) is 53.7 Å². The van der Waals surface area contributed by atoms with E-state index >= 15 is 0 Å². The number of non-ortho nitro benzene ring substituents is 1. The number of alkyl halides is 3. The van der Waals surface area contributed by atoms with Crippen molar-refractivity contribution in [3.8, 4) is 11.4 Å². The van der Waals surface area contributed by atoms with E-state index in [1.165, 1.54) is 41.1 Å². The average molecular weight is 440 g/mol. The molecule has 0 bridgehead atoms. The molecule has 0 aliphatic heterocycles. The van der Waals surface area contributed by atoms with Crippen LogP contribution in [0, 0.1) is 10.1 Å². The number of anilines is 1. The zero-order chi connectivity index (χ0) is 21.7. The molecule has 0 spiro atoms. The Kier molecular flexibility index (Phi) is 6.15. The number of hydrogen-bond acceptors (Lipinski definition) is 8. The number of nitro groups is 1. The Labute approximate surface area is 170 Å². The molecule has 0 fully saturated rings. The quantitative estimate of drug-likeness (QED) is 0.337. The number of tetrazole rings is 1. The smallest absolute Gasteiger partial charge is 0.406 e. The van der Waals surface area contributed by atoms with Crippen LogP contribution in [0.1, 0.15) is 0 Å². The van der Waals surface area contributed by atoms with Gasteiger partial charge >= 0.3 is 6.36 Å². The van der Waals surface area contributed by atoms with Gasteiger partial charge in [0.2, 0.25) is 11.1 Å². The van der Waals surface area contributed by atoms with E-state index in [4.69, 9.17) is 0 Å². The van der Waals surface area contributed by atoms with Gasteiger partial charge in [0, 0.05) is 17.8 Å². The largest absolute Gasteiger partial charge is 0.573 e. The SMILES string of the molecule is O=C(CSc1nnnn1-c1ccc(OC(F)(F)F)cc1)Nc1ccc([N+](=O)[O-])cc1. The minimum Gasteiger partial charge on any atom is -0.406 e. The number of hydrogen-bond donors (Lipinski definition) is 1. The predicted octanol–water partition coefficient (Wildman–Crippen LogP) is 3.20. The number of ether oxygens (including phenoxy) is 1. The maximum Gasteiger partial charge on any atom is 0.573 e. The van der Waals surface area contributed by atoms with E-state index in [-0.39, 0.29) is 16.6 Å². The third-order valence-electron chi connectivity index (χ3n) is 3.45. The number of carbonyl (C=O) groups is 1. The van der Waals surface area contributed by atoms with Crippen LogP contribution >= 0.6 is 11.8 Å². The number of benzene rings is 2. The van der Waals surface area contributed by atoms with Gasteiger partial charge in [-0.1, -0.05) is 11.8 Å². The van der Waals surface area contributed by atoms with Gasteiger partial charge in [0.25, 0.3) is 5.69 Å². The third-order valence-corrected chi connectivity index (χ3v) is 4.37. The van der Waals surface area contributed by atoms with E-state index in [1.54, 1.807) is 0 Å². The highest BCUT2D eigenvalue weighted by Crippen LogP contribution is 2.25. The van der Waals surface area contributed by atoms with Crippen molar-refractivity contribution in [1.82, 2.24) is 20.2 Å². The Hall–Kier alpha value is -3.68. The Balaban J connectivity index is 1.60. The number of nitrogens with zero attached hydrogens (tertiary/aromatic N) is 5. The van der Waals surface area contributed by atoms with Gasteiger partial charge in [0.15, 0.2) is 0 Å². The van der Waals surface area contributed by atoms with E-state index in [0.29, 0.717) is 11.4 Å². The number of nitrogens with one attached hydrogen (secondary N) is 1. The molecular formula is C16H11F3N6O4S. The van der Waals surface area contributed by atoms with Crippen LogP contribution in [-0.2, 0) is 4.79 Å². The predicted molar refractivity (Wildman–Crippen MR) is 98.3 cm³/mol. The van der Waals surface area contributed by atoms with Crippen molar-refractivity contribution in [3.05, 3.63) is 58.6 Å². The Morgan fingerprint density at radius 2 is 1.83 bits per heavy atom. The average Bonchev–Trinajstić information content (AvgIpc) is 3.15. The van der Waals surface area contributed by atoms with Gasteiger partial charge in [-0.15, -0.1) is 18.3 Å². The summed E-state index contributed by atoms with van der Waals surface area (Å²) in [7, 11) is 0. The standard InChI is InChI=1S/C16H11F3N6O4S/c17-16(18,19)29-13-7-5-11(6-8-13)24-15(21-22-23-24)30-9-14(26)20-10-1-3-12(4-2-10)25(27)28/h1-8H,9H2,(H,20,26). The molecule has 0 aliphatic carbocycles. The molecule has 3 rings (SSSR count). The molecule has 1 heterocycles. The molecule has 2 aromatic carbocycles. The summed E-state index contributed by atoms with van der Waals surface area (Å²) in [5.74, 6) is -0.875. The molecule has 1 aromatic heterocycles. The van der Waals surface area contributed by atoms with Crippen LogP contribution in [0.4, 0.5) is 24.5 Å². The minimum atomic E-state index is -4.80. The highest BCUT2D eigenvalue weighted by Gasteiger charge is 2.31. The second-order valence-electron chi connectivity index (χ2n) is 5.56. The van der Waals surface area contributed by atoms with E-state index in [0.717, 1.165) is 23.9 Å². The lowest BCUT2D eigenvalue weighted by Gasteiger charge is -2.09. The molecule has 0 saturated heterocycles. The summed E-state index contributed by atoms with van der Waals surface area (Å²) in [6.45, 7) is 0. The molecule has 30 heavy (non-hydrogen) atoms. The first-order valence-electron chi connectivity index (χ1n) is 8.03. The summed E-state index contributed by atoms with van der Waals surface area (Å²) >= 11 is 0.993. The fraction of sp³-hybridized carbons (Fsp3) is 0.125. The van der Waals surface area contributed by atoms with E-state index < -0.39 is 22.9 Å².